The zero-order valence-electron chi connectivity index (χ0n) is 17.9. The lowest BCUT2D eigenvalue weighted by molar-refractivity contribution is 0.225. The Morgan fingerprint density at radius 3 is 2.45 bits per heavy atom. The number of ether oxygens (including phenoxy) is 1. The molecule has 31 heavy (non-hydrogen) atoms. The molecular weight excluding hydrogens is 398 g/mol. The highest BCUT2D eigenvalue weighted by Crippen LogP contribution is 2.35. The van der Waals surface area contributed by atoms with Crippen LogP contribution in [0, 0.1) is 11.6 Å². The minimum absolute atomic E-state index is 0.344. The van der Waals surface area contributed by atoms with Gasteiger partial charge in [-0.05, 0) is 36.1 Å². The molecule has 0 saturated carbocycles. The molecule has 0 radical (unpaired) electrons. The van der Waals surface area contributed by atoms with Crippen molar-refractivity contribution in [1.82, 2.24) is 19.6 Å². The summed E-state index contributed by atoms with van der Waals surface area (Å²) in [4.78, 5) is 0. The number of aromatic nitrogens is 4. The molecule has 0 aliphatic carbocycles. The minimum atomic E-state index is -0.414. The molecule has 2 aromatic carbocycles. The van der Waals surface area contributed by atoms with Crippen molar-refractivity contribution in [3.63, 3.8) is 0 Å². The molecule has 0 aliphatic heterocycles. The fourth-order valence-electron chi connectivity index (χ4n) is 3.60. The van der Waals surface area contributed by atoms with Crippen LogP contribution in [0.4, 0.5) is 8.78 Å². The molecule has 0 bridgehead atoms. The van der Waals surface area contributed by atoms with Crippen LogP contribution in [0.1, 0.15) is 44.9 Å². The van der Waals surface area contributed by atoms with Crippen molar-refractivity contribution in [2.75, 3.05) is 0 Å². The molecule has 160 valence electrons. The van der Waals surface area contributed by atoms with Gasteiger partial charge in [-0.2, -0.15) is 10.2 Å². The first kappa shape index (κ1) is 20.8. The lowest BCUT2D eigenvalue weighted by Gasteiger charge is -2.25. The highest BCUT2D eigenvalue weighted by molar-refractivity contribution is 5.50. The van der Waals surface area contributed by atoms with Gasteiger partial charge in [0.1, 0.15) is 17.7 Å². The SMILES string of the molecule is CC(Oc1cc(F)c(C(C)(C)C)c(-n2cccn2)c1)c1cccc(-n2cc(F)cn2)c1. The van der Waals surface area contributed by atoms with Gasteiger partial charge in [0, 0.05) is 30.1 Å². The molecule has 2 aromatic heterocycles. The van der Waals surface area contributed by atoms with Crippen LogP contribution in [-0.4, -0.2) is 19.6 Å². The van der Waals surface area contributed by atoms with Gasteiger partial charge in [-0.15, -0.1) is 0 Å². The second kappa shape index (κ2) is 7.98. The second-order valence-corrected chi connectivity index (χ2v) is 8.46. The predicted octanol–water partition coefficient (Wildman–Crippen LogP) is 5.77. The van der Waals surface area contributed by atoms with Gasteiger partial charge in [-0.3, -0.25) is 0 Å². The molecule has 1 unspecified atom stereocenters. The largest absolute Gasteiger partial charge is 0.486 e. The first-order valence-corrected chi connectivity index (χ1v) is 10.0. The van der Waals surface area contributed by atoms with E-state index in [4.69, 9.17) is 4.74 Å². The summed E-state index contributed by atoms with van der Waals surface area (Å²) in [7, 11) is 0. The Morgan fingerprint density at radius 1 is 1.00 bits per heavy atom. The molecule has 4 rings (SSSR count). The maximum atomic E-state index is 15.2. The van der Waals surface area contributed by atoms with Gasteiger partial charge >= 0.3 is 0 Å². The summed E-state index contributed by atoms with van der Waals surface area (Å²) in [6.45, 7) is 7.77. The third kappa shape index (κ3) is 4.35. The van der Waals surface area contributed by atoms with Crippen LogP contribution in [-0.2, 0) is 5.41 Å². The van der Waals surface area contributed by atoms with Crippen molar-refractivity contribution in [2.24, 2.45) is 0 Å². The van der Waals surface area contributed by atoms with E-state index in [-0.39, 0.29) is 11.9 Å². The summed E-state index contributed by atoms with van der Waals surface area (Å²) in [5, 5.41) is 8.28. The van der Waals surface area contributed by atoms with Crippen LogP contribution >= 0.6 is 0 Å². The summed E-state index contributed by atoms with van der Waals surface area (Å²) in [5.41, 5.74) is 2.36. The van der Waals surface area contributed by atoms with Gasteiger partial charge in [-0.25, -0.2) is 18.1 Å². The third-order valence-corrected chi connectivity index (χ3v) is 5.01. The van der Waals surface area contributed by atoms with Gasteiger partial charge in [0.25, 0.3) is 0 Å². The Hall–Kier alpha value is -3.48. The van der Waals surface area contributed by atoms with Crippen LogP contribution < -0.4 is 4.74 Å². The Kier molecular flexibility index (Phi) is 5.35. The molecule has 0 saturated heterocycles. The molecule has 2 heterocycles. The first-order valence-electron chi connectivity index (χ1n) is 10.0. The van der Waals surface area contributed by atoms with E-state index in [0.717, 1.165) is 11.8 Å². The smallest absolute Gasteiger partial charge is 0.161 e. The van der Waals surface area contributed by atoms with Crippen molar-refractivity contribution in [1.29, 1.82) is 0 Å². The van der Waals surface area contributed by atoms with E-state index in [1.807, 2.05) is 52.0 Å². The lowest BCUT2D eigenvalue weighted by Crippen LogP contribution is -2.18. The standard InChI is InChI=1S/C24H24F2N4O/c1-16(17-7-5-8-19(11-17)30-15-18(25)14-28-30)31-20-12-21(26)23(24(2,3)4)22(13-20)29-10-6-9-27-29/h5-16H,1-4H3. The van der Waals surface area contributed by atoms with Crippen LogP contribution in [0.2, 0.25) is 0 Å². The van der Waals surface area contributed by atoms with Crippen molar-refractivity contribution in [3.8, 4) is 17.1 Å². The van der Waals surface area contributed by atoms with Gasteiger partial charge in [0.05, 0.1) is 23.8 Å². The van der Waals surface area contributed by atoms with Gasteiger partial charge in [-0.1, -0.05) is 32.9 Å². The molecule has 0 N–H and O–H groups in total. The fraction of sp³-hybridized carbons (Fsp3) is 0.250. The summed E-state index contributed by atoms with van der Waals surface area (Å²) < 4.78 is 37.7. The Balaban J connectivity index is 1.67. The molecule has 0 spiro atoms. The van der Waals surface area contributed by atoms with E-state index in [1.165, 1.54) is 16.9 Å². The van der Waals surface area contributed by atoms with E-state index in [1.54, 1.807) is 29.2 Å². The molecule has 4 aromatic rings. The number of halogens is 2. The zero-order chi connectivity index (χ0) is 22.2. The van der Waals surface area contributed by atoms with Gasteiger partial charge < -0.3 is 4.74 Å². The number of benzene rings is 2. The fourth-order valence-corrected chi connectivity index (χ4v) is 3.60. The quantitative estimate of drug-likeness (QED) is 0.410. The summed E-state index contributed by atoms with van der Waals surface area (Å²) in [5.74, 6) is -0.349. The van der Waals surface area contributed by atoms with E-state index < -0.39 is 11.2 Å². The van der Waals surface area contributed by atoms with E-state index >= 15 is 4.39 Å². The molecule has 0 fully saturated rings. The van der Waals surface area contributed by atoms with Crippen molar-refractivity contribution in [2.45, 2.75) is 39.2 Å². The second-order valence-electron chi connectivity index (χ2n) is 8.46. The number of rotatable bonds is 5. The topological polar surface area (TPSA) is 44.9 Å². The lowest BCUT2D eigenvalue weighted by atomic mass is 9.85. The molecule has 7 heteroatoms. The van der Waals surface area contributed by atoms with Gasteiger partial charge in [0.2, 0.25) is 0 Å². The maximum absolute atomic E-state index is 15.2. The normalized spacial score (nSPS) is 12.7. The van der Waals surface area contributed by atoms with E-state index in [9.17, 15) is 4.39 Å². The first-order chi connectivity index (χ1) is 14.7. The summed E-state index contributed by atoms with van der Waals surface area (Å²) >= 11 is 0. The van der Waals surface area contributed by atoms with Crippen molar-refractivity contribution in [3.05, 3.63) is 90.0 Å². The molecular formula is C24H24F2N4O. The van der Waals surface area contributed by atoms with Crippen LogP contribution in [0.3, 0.4) is 0 Å². The number of nitrogens with zero attached hydrogens (tertiary/aromatic N) is 4. The van der Waals surface area contributed by atoms with Crippen LogP contribution in [0.15, 0.2) is 67.3 Å². The van der Waals surface area contributed by atoms with E-state index in [2.05, 4.69) is 10.2 Å². The molecule has 1 atom stereocenters. The third-order valence-electron chi connectivity index (χ3n) is 5.01. The van der Waals surface area contributed by atoms with Crippen molar-refractivity contribution >= 4 is 0 Å². The monoisotopic (exact) mass is 422 g/mol. The Bertz CT molecular complexity index is 1190. The highest BCUT2D eigenvalue weighted by Gasteiger charge is 2.25. The summed E-state index contributed by atoms with van der Waals surface area (Å²) in [6, 6.07) is 12.5. The minimum Gasteiger partial charge on any atom is -0.486 e. The zero-order valence-corrected chi connectivity index (χ0v) is 17.9. The van der Waals surface area contributed by atoms with E-state index in [0.29, 0.717) is 22.7 Å². The average molecular weight is 422 g/mol. The van der Waals surface area contributed by atoms with Gasteiger partial charge in [0.15, 0.2) is 5.82 Å². The van der Waals surface area contributed by atoms with Crippen LogP contribution in [0.25, 0.3) is 11.4 Å². The summed E-state index contributed by atoms with van der Waals surface area (Å²) in [6.07, 6.45) is 5.53. The highest BCUT2D eigenvalue weighted by atomic mass is 19.1. The molecule has 0 aliphatic rings. The molecule has 5 nitrogen and oxygen atoms in total. The predicted molar refractivity (Wildman–Crippen MR) is 115 cm³/mol. The van der Waals surface area contributed by atoms with Crippen LogP contribution in [0.5, 0.6) is 5.75 Å². The number of hydrogen-bond acceptors (Lipinski definition) is 3. The van der Waals surface area contributed by atoms with Crippen molar-refractivity contribution < 1.29 is 13.5 Å². The molecule has 0 amide bonds. The maximum Gasteiger partial charge on any atom is 0.161 e. The average Bonchev–Trinajstić information content (AvgIpc) is 3.38. The number of hydrogen-bond donors (Lipinski definition) is 0. The Morgan fingerprint density at radius 2 is 1.81 bits per heavy atom. The Labute approximate surface area is 179 Å².